The lowest BCUT2D eigenvalue weighted by Crippen LogP contribution is -2.31. The molecule has 0 radical (unpaired) electrons. The lowest BCUT2D eigenvalue weighted by Gasteiger charge is -2.36. The minimum atomic E-state index is -1.25. The predicted molar refractivity (Wildman–Crippen MR) is 93.9 cm³/mol. The Morgan fingerprint density at radius 2 is 1.89 bits per heavy atom. The fourth-order valence-electron chi connectivity index (χ4n) is 3.07. The summed E-state index contributed by atoms with van der Waals surface area (Å²) < 4.78 is 1.27. The van der Waals surface area contributed by atoms with E-state index in [0.29, 0.717) is 10.8 Å². The molecule has 0 bridgehead atoms. The molecule has 0 amide bonds. The molecule has 0 aromatic heterocycles. The van der Waals surface area contributed by atoms with Gasteiger partial charge in [-0.1, -0.05) is 69.4 Å². The number of alkyl halides is 1. The molecule has 1 aliphatic rings. The van der Waals surface area contributed by atoms with Gasteiger partial charge in [0.15, 0.2) is 0 Å². The molecule has 0 heterocycles. The first-order chi connectivity index (χ1) is 8.08. The Morgan fingerprint density at radius 3 is 2.33 bits per heavy atom. The van der Waals surface area contributed by atoms with Crippen LogP contribution in [-0.4, -0.2) is 12.5 Å². The first kappa shape index (κ1) is 16.6. The van der Waals surface area contributed by atoms with Crippen molar-refractivity contribution in [1.29, 1.82) is 0 Å². The third-order valence-corrected chi connectivity index (χ3v) is 5.61. The summed E-state index contributed by atoms with van der Waals surface area (Å²) >= 11 is 2.57. The first-order valence-electron chi connectivity index (χ1n) is 7.18. The van der Waals surface area contributed by atoms with E-state index in [1.165, 1.54) is 30.1 Å². The maximum Gasteiger partial charge on any atom is 0.129 e. The van der Waals surface area contributed by atoms with Crippen LogP contribution in [0.1, 0.15) is 46.5 Å². The average Bonchev–Trinajstić information content (AvgIpc) is 2.55. The topological polar surface area (TPSA) is 0 Å². The van der Waals surface area contributed by atoms with Gasteiger partial charge in [-0.2, -0.15) is 0 Å². The minimum Gasteiger partial charge on any atom is -0.131 e. The van der Waals surface area contributed by atoms with Gasteiger partial charge in [0.25, 0.3) is 0 Å². The zero-order chi connectivity index (χ0) is 14.0. The van der Waals surface area contributed by atoms with Crippen LogP contribution in [0.2, 0.25) is 19.6 Å². The molecule has 2 heteroatoms. The van der Waals surface area contributed by atoms with Crippen molar-refractivity contribution < 1.29 is 0 Å². The van der Waals surface area contributed by atoms with Gasteiger partial charge in [0.05, 0.1) is 0 Å². The van der Waals surface area contributed by atoms with Crippen LogP contribution in [0.3, 0.4) is 0 Å². The van der Waals surface area contributed by atoms with Crippen molar-refractivity contribution >= 4 is 30.7 Å². The Kier molecular flexibility index (Phi) is 5.40. The summed E-state index contributed by atoms with van der Waals surface area (Å²) in [7, 11) is -1.25. The molecule has 1 rings (SSSR count). The van der Waals surface area contributed by atoms with Gasteiger partial charge < -0.3 is 0 Å². The van der Waals surface area contributed by atoms with Crippen molar-refractivity contribution in [2.75, 3.05) is 4.43 Å². The highest BCUT2D eigenvalue weighted by molar-refractivity contribution is 14.1. The highest BCUT2D eigenvalue weighted by Crippen LogP contribution is 2.50. The maximum atomic E-state index is 3.80. The summed E-state index contributed by atoms with van der Waals surface area (Å²) in [5.74, 6) is 4.62. The fraction of sp³-hybridized carbons (Fsp3) is 0.875. The van der Waals surface area contributed by atoms with Crippen molar-refractivity contribution in [3.63, 3.8) is 0 Å². The highest BCUT2D eigenvalue weighted by Gasteiger charge is 2.43. The van der Waals surface area contributed by atoms with Crippen LogP contribution in [0, 0.1) is 28.2 Å². The SMILES string of the molecule is CC(C)(C)C[C@]1(C#C[Si](C)(C)C)CCC[C@H]1CI. The molecule has 2 atom stereocenters. The van der Waals surface area contributed by atoms with Gasteiger partial charge >= 0.3 is 0 Å². The van der Waals surface area contributed by atoms with Crippen molar-refractivity contribution in [2.24, 2.45) is 16.7 Å². The summed E-state index contributed by atoms with van der Waals surface area (Å²) in [6.45, 7) is 14.2. The third kappa shape index (κ3) is 4.88. The van der Waals surface area contributed by atoms with E-state index in [0.717, 1.165) is 5.92 Å². The number of hydrogen-bond acceptors (Lipinski definition) is 0. The van der Waals surface area contributed by atoms with Crippen LogP contribution in [0.4, 0.5) is 0 Å². The Hall–Kier alpha value is 0.507. The highest BCUT2D eigenvalue weighted by atomic mass is 127. The summed E-state index contributed by atoms with van der Waals surface area (Å²) in [6.07, 6.45) is 5.37. The molecule has 1 aliphatic carbocycles. The van der Waals surface area contributed by atoms with E-state index >= 15 is 0 Å². The second-order valence-corrected chi connectivity index (χ2v) is 13.8. The smallest absolute Gasteiger partial charge is 0.129 e. The van der Waals surface area contributed by atoms with E-state index in [9.17, 15) is 0 Å². The van der Waals surface area contributed by atoms with Crippen molar-refractivity contribution in [3.8, 4) is 11.5 Å². The number of rotatable bonds is 2. The summed E-state index contributed by atoms with van der Waals surface area (Å²) in [6, 6.07) is 0. The van der Waals surface area contributed by atoms with Gasteiger partial charge in [-0.05, 0) is 30.6 Å². The number of hydrogen-bond donors (Lipinski definition) is 0. The van der Waals surface area contributed by atoms with E-state index in [1.54, 1.807) is 0 Å². The molecule has 0 aromatic rings. The molecule has 0 aromatic carbocycles. The largest absolute Gasteiger partial charge is 0.131 e. The fourth-order valence-corrected chi connectivity index (χ4v) is 4.98. The van der Waals surface area contributed by atoms with Crippen LogP contribution in [-0.2, 0) is 0 Å². The summed E-state index contributed by atoms with van der Waals surface area (Å²) in [5.41, 5.74) is 4.39. The maximum absolute atomic E-state index is 3.80. The van der Waals surface area contributed by atoms with E-state index in [1.807, 2.05) is 0 Å². The molecule has 104 valence electrons. The van der Waals surface area contributed by atoms with Gasteiger partial charge in [-0.25, -0.2) is 0 Å². The monoisotopic (exact) mass is 376 g/mol. The molecule has 0 unspecified atom stereocenters. The molecular weight excluding hydrogens is 347 g/mol. The Morgan fingerprint density at radius 1 is 1.28 bits per heavy atom. The average molecular weight is 376 g/mol. The molecule has 0 spiro atoms. The van der Waals surface area contributed by atoms with Crippen LogP contribution in [0.25, 0.3) is 0 Å². The molecule has 0 nitrogen and oxygen atoms in total. The van der Waals surface area contributed by atoms with Crippen molar-refractivity contribution in [2.45, 2.75) is 66.1 Å². The lowest BCUT2D eigenvalue weighted by molar-refractivity contribution is 0.196. The second-order valence-electron chi connectivity index (χ2n) is 8.14. The Labute approximate surface area is 129 Å². The van der Waals surface area contributed by atoms with E-state index in [-0.39, 0.29) is 0 Å². The molecule has 1 fully saturated rings. The van der Waals surface area contributed by atoms with Gasteiger partial charge in [0.2, 0.25) is 0 Å². The van der Waals surface area contributed by atoms with Gasteiger partial charge in [-0.3, -0.25) is 0 Å². The van der Waals surface area contributed by atoms with Gasteiger partial charge in [0.1, 0.15) is 8.07 Å². The van der Waals surface area contributed by atoms with E-state index < -0.39 is 8.07 Å². The first-order valence-corrected chi connectivity index (χ1v) is 12.2. The molecule has 0 saturated heterocycles. The molecule has 18 heavy (non-hydrogen) atoms. The molecule has 0 N–H and O–H groups in total. The molecule has 0 aliphatic heterocycles. The van der Waals surface area contributed by atoms with Gasteiger partial charge in [-0.15, -0.1) is 11.5 Å². The molecule has 1 saturated carbocycles. The van der Waals surface area contributed by atoms with E-state index in [4.69, 9.17) is 0 Å². The Bertz CT molecular complexity index is 337. The summed E-state index contributed by atoms with van der Waals surface area (Å²) in [5, 5.41) is 0. The Balaban J connectivity index is 3.05. The van der Waals surface area contributed by atoms with Crippen LogP contribution in [0.5, 0.6) is 0 Å². The number of halogens is 1. The summed E-state index contributed by atoms with van der Waals surface area (Å²) in [4.78, 5) is 0. The van der Waals surface area contributed by atoms with Crippen molar-refractivity contribution in [1.82, 2.24) is 0 Å². The van der Waals surface area contributed by atoms with Crippen LogP contribution in [0.15, 0.2) is 0 Å². The quantitative estimate of drug-likeness (QED) is 0.257. The van der Waals surface area contributed by atoms with E-state index in [2.05, 4.69) is 74.5 Å². The normalized spacial score (nSPS) is 28.9. The van der Waals surface area contributed by atoms with Crippen molar-refractivity contribution in [3.05, 3.63) is 0 Å². The third-order valence-electron chi connectivity index (χ3n) is 3.68. The second kappa shape index (κ2) is 5.87. The van der Waals surface area contributed by atoms with Crippen LogP contribution < -0.4 is 0 Å². The minimum absolute atomic E-state index is 0.319. The van der Waals surface area contributed by atoms with Crippen LogP contribution >= 0.6 is 22.6 Å². The predicted octanol–water partition coefficient (Wildman–Crippen LogP) is 5.52. The molecular formula is C16H29ISi. The standard InChI is InChI=1S/C16H29ISi/c1-15(2,3)13-16(10-11-18(4,5)6)9-7-8-14(16)12-17/h14H,7-9,12-13H2,1-6H3/t14-,16+/m0/s1. The van der Waals surface area contributed by atoms with Gasteiger partial charge in [0, 0.05) is 9.84 Å². The zero-order valence-electron chi connectivity index (χ0n) is 13.0. The lowest BCUT2D eigenvalue weighted by atomic mass is 9.69. The zero-order valence-corrected chi connectivity index (χ0v) is 16.1.